The Morgan fingerprint density at radius 1 is 1.35 bits per heavy atom. The van der Waals surface area contributed by atoms with Gasteiger partial charge in [0.2, 0.25) is 11.7 Å². The van der Waals surface area contributed by atoms with Crippen LogP contribution in [0.1, 0.15) is 28.8 Å². The van der Waals surface area contributed by atoms with Crippen LogP contribution >= 0.6 is 0 Å². The molecule has 9 heteroatoms. The maximum atomic E-state index is 14.1. The van der Waals surface area contributed by atoms with E-state index in [-0.39, 0.29) is 29.1 Å². The van der Waals surface area contributed by atoms with Crippen LogP contribution in [0.25, 0.3) is 0 Å². The number of hydrogen-bond acceptors (Lipinski definition) is 7. The molecule has 3 rings (SSSR count). The first-order chi connectivity index (χ1) is 12.5. The Morgan fingerprint density at radius 2 is 2.08 bits per heavy atom. The molecule has 0 bridgehead atoms. The van der Waals surface area contributed by atoms with Crippen molar-refractivity contribution in [1.29, 1.82) is 0 Å². The standard InChI is InChI=1S/C17H19F2N5O2/c1-26-12-3-2-11(18)14(19)13(12)15(25)10-8-22-17(24-16(10)20)23-9-4-6-21-7-5-9/h2-3,8-9,21H,4-7H2,1H3,(H3,20,22,23,24). The second-order valence-electron chi connectivity index (χ2n) is 5.93. The predicted octanol–water partition coefficient (Wildman–Crippen LogP) is 1.74. The molecule has 1 fully saturated rings. The first-order valence-corrected chi connectivity index (χ1v) is 8.17. The van der Waals surface area contributed by atoms with Crippen LogP contribution < -0.4 is 21.1 Å². The number of halogens is 2. The third kappa shape index (κ3) is 3.57. The van der Waals surface area contributed by atoms with Crippen LogP contribution in [0, 0.1) is 11.6 Å². The van der Waals surface area contributed by atoms with Crippen molar-refractivity contribution >= 4 is 17.5 Å². The fraction of sp³-hybridized carbons (Fsp3) is 0.353. The van der Waals surface area contributed by atoms with Gasteiger partial charge in [-0.1, -0.05) is 0 Å². The molecule has 4 N–H and O–H groups in total. The number of carbonyl (C=O) groups is 1. The van der Waals surface area contributed by atoms with Crippen LogP contribution in [0.15, 0.2) is 18.3 Å². The summed E-state index contributed by atoms with van der Waals surface area (Å²) in [4.78, 5) is 20.8. The minimum atomic E-state index is -1.30. The van der Waals surface area contributed by atoms with Crippen LogP contribution in [0.5, 0.6) is 5.75 Å². The Balaban J connectivity index is 1.88. The minimum absolute atomic E-state index is 0.0924. The molecule has 0 radical (unpaired) electrons. The summed E-state index contributed by atoms with van der Waals surface area (Å²) in [5, 5.41) is 6.40. The minimum Gasteiger partial charge on any atom is -0.496 e. The number of aromatic nitrogens is 2. The van der Waals surface area contributed by atoms with Gasteiger partial charge in [-0.05, 0) is 38.1 Å². The molecule has 7 nitrogen and oxygen atoms in total. The van der Waals surface area contributed by atoms with Crippen molar-refractivity contribution in [3.8, 4) is 5.75 Å². The Kier molecular flexibility index (Phi) is 5.27. The van der Waals surface area contributed by atoms with Gasteiger partial charge in [0, 0.05) is 12.2 Å². The number of ether oxygens (including phenoxy) is 1. The van der Waals surface area contributed by atoms with Gasteiger partial charge in [0.15, 0.2) is 11.6 Å². The summed E-state index contributed by atoms with van der Waals surface area (Å²) in [5.74, 6) is -3.22. The average Bonchev–Trinajstić information content (AvgIpc) is 2.64. The van der Waals surface area contributed by atoms with E-state index in [4.69, 9.17) is 10.5 Å². The normalized spacial score (nSPS) is 14.9. The largest absolute Gasteiger partial charge is 0.496 e. The van der Waals surface area contributed by atoms with Crippen LogP contribution in [-0.2, 0) is 0 Å². The lowest BCUT2D eigenvalue weighted by Crippen LogP contribution is -2.35. The second-order valence-corrected chi connectivity index (χ2v) is 5.93. The second kappa shape index (κ2) is 7.61. The zero-order valence-electron chi connectivity index (χ0n) is 14.2. The number of nitrogens with zero attached hydrogens (tertiary/aromatic N) is 2. The number of nitrogen functional groups attached to an aromatic ring is 1. The van der Waals surface area contributed by atoms with Gasteiger partial charge in [0.25, 0.3) is 0 Å². The number of methoxy groups -OCH3 is 1. The van der Waals surface area contributed by atoms with Gasteiger partial charge < -0.3 is 21.1 Å². The van der Waals surface area contributed by atoms with E-state index in [9.17, 15) is 13.6 Å². The van der Waals surface area contributed by atoms with Gasteiger partial charge >= 0.3 is 0 Å². The Hall–Kier alpha value is -2.81. The number of nitrogens with two attached hydrogens (primary N) is 1. The van der Waals surface area contributed by atoms with E-state index >= 15 is 0 Å². The van der Waals surface area contributed by atoms with Gasteiger partial charge in [-0.25, -0.2) is 13.8 Å². The Labute approximate surface area is 149 Å². The summed E-state index contributed by atoms with van der Waals surface area (Å²) in [5.41, 5.74) is 5.20. The summed E-state index contributed by atoms with van der Waals surface area (Å²) in [6.45, 7) is 1.78. The van der Waals surface area contributed by atoms with E-state index < -0.39 is 23.0 Å². The maximum Gasteiger partial charge on any atom is 0.224 e. The lowest BCUT2D eigenvalue weighted by atomic mass is 10.0. The van der Waals surface area contributed by atoms with E-state index in [1.165, 1.54) is 19.4 Å². The molecular weight excluding hydrogens is 344 g/mol. The topological polar surface area (TPSA) is 102 Å². The molecule has 1 aromatic heterocycles. The van der Waals surface area contributed by atoms with Crippen LogP contribution in [-0.4, -0.2) is 42.0 Å². The molecule has 1 aliphatic heterocycles. The Morgan fingerprint density at radius 3 is 2.73 bits per heavy atom. The third-order valence-electron chi connectivity index (χ3n) is 4.24. The third-order valence-corrected chi connectivity index (χ3v) is 4.24. The predicted molar refractivity (Wildman–Crippen MR) is 92.3 cm³/mol. The van der Waals surface area contributed by atoms with Gasteiger partial charge in [0.1, 0.15) is 17.1 Å². The summed E-state index contributed by atoms with van der Waals surface area (Å²) >= 11 is 0. The number of rotatable bonds is 5. The molecule has 1 aromatic carbocycles. The zero-order valence-corrected chi connectivity index (χ0v) is 14.2. The molecule has 2 heterocycles. The number of hydrogen-bond donors (Lipinski definition) is 3. The molecule has 1 aliphatic rings. The molecule has 1 saturated heterocycles. The quantitative estimate of drug-likeness (QED) is 0.696. The molecule has 26 heavy (non-hydrogen) atoms. The summed E-state index contributed by atoms with van der Waals surface area (Å²) < 4.78 is 32.6. The van der Waals surface area contributed by atoms with Gasteiger partial charge in [-0.15, -0.1) is 0 Å². The fourth-order valence-corrected chi connectivity index (χ4v) is 2.84. The monoisotopic (exact) mass is 363 g/mol. The SMILES string of the molecule is COc1ccc(F)c(F)c1C(=O)c1cnc(NC2CCNCC2)nc1N. The summed E-state index contributed by atoms with van der Waals surface area (Å²) in [6, 6.07) is 2.27. The highest BCUT2D eigenvalue weighted by Gasteiger charge is 2.25. The smallest absolute Gasteiger partial charge is 0.224 e. The lowest BCUT2D eigenvalue weighted by molar-refractivity contribution is 0.103. The van der Waals surface area contributed by atoms with Crippen molar-refractivity contribution in [2.75, 3.05) is 31.2 Å². The van der Waals surface area contributed by atoms with Crippen LogP contribution in [0.4, 0.5) is 20.5 Å². The molecule has 138 valence electrons. The van der Waals surface area contributed by atoms with E-state index in [0.29, 0.717) is 0 Å². The fourth-order valence-electron chi connectivity index (χ4n) is 2.84. The van der Waals surface area contributed by atoms with Crippen molar-refractivity contribution in [3.05, 3.63) is 41.1 Å². The molecule has 0 aliphatic carbocycles. The van der Waals surface area contributed by atoms with E-state index in [1.807, 2.05) is 0 Å². The van der Waals surface area contributed by atoms with Crippen molar-refractivity contribution in [3.63, 3.8) is 0 Å². The lowest BCUT2D eigenvalue weighted by Gasteiger charge is -2.23. The van der Waals surface area contributed by atoms with Gasteiger partial charge in [0.05, 0.1) is 12.7 Å². The van der Waals surface area contributed by atoms with E-state index in [1.54, 1.807) is 0 Å². The van der Waals surface area contributed by atoms with Crippen molar-refractivity contribution < 1.29 is 18.3 Å². The summed E-state index contributed by atoms with van der Waals surface area (Å²) in [6.07, 6.45) is 3.03. The molecule has 0 amide bonds. The molecule has 0 atom stereocenters. The van der Waals surface area contributed by atoms with Gasteiger partial charge in [-0.2, -0.15) is 4.98 Å². The number of ketones is 1. The highest BCUT2D eigenvalue weighted by molar-refractivity contribution is 6.13. The highest BCUT2D eigenvalue weighted by Crippen LogP contribution is 2.27. The van der Waals surface area contributed by atoms with Crippen molar-refractivity contribution in [2.24, 2.45) is 0 Å². The number of piperidine rings is 1. The van der Waals surface area contributed by atoms with Crippen LogP contribution in [0.3, 0.4) is 0 Å². The van der Waals surface area contributed by atoms with E-state index in [0.717, 1.165) is 32.0 Å². The molecule has 2 aromatic rings. The maximum absolute atomic E-state index is 14.1. The Bertz CT molecular complexity index is 825. The first-order valence-electron chi connectivity index (χ1n) is 8.17. The zero-order chi connectivity index (χ0) is 18.7. The number of carbonyl (C=O) groups excluding carboxylic acids is 1. The first kappa shape index (κ1) is 18.0. The highest BCUT2D eigenvalue weighted by atomic mass is 19.2. The van der Waals surface area contributed by atoms with Crippen molar-refractivity contribution in [2.45, 2.75) is 18.9 Å². The summed E-state index contributed by atoms with van der Waals surface area (Å²) in [7, 11) is 1.26. The molecule has 0 unspecified atom stereocenters. The van der Waals surface area contributed by atoms with Gasteiger partial charge in [-0.3, -0.25) is 4.79 Å². The number of nitrogens with one attached hydrogen (secondary N) is 2. The average molecular weight is 363 g/mol. The molecule has 0 spiro atoms. The number of benzene rings is 1. The molecule has 0 saturated carbocycles. The van der Waals surface area contributed by atoms with E-state index in [2.05, 4.69) is 20.6 Å². The van der Waals surface area contributed by atoms with Crippen LogP contribution in [0.2, 0.25) is 0 Å². The number of anilines is 2. The van der Waals surface area contributed by atoms with Crippen molar-refractivity contribution in [1.82, 2.24) is 15.3 Å². The molecular formula is C17H19F2N5O2.